The number of nitrogens with zero attached hydrogens (tertiary/aromatic N) is 1. The van der Waals surface area contributed by atoms with Gasteiger partial charge in [-0.25, -0.2) is 0 Å². The van der Waals surface area contributed by atoms with Gasteiger partial charge in [0.2, 0.25) is 0 Å². The molecule has 2 rings (SSSR count). The standard InChI is InChI=1S/C13H18N2O2/c1-9-4-5-10(7-12(9)14)13(17)15-6-2-3-11(15)8-16/h4-5,7,11,16H,2-3,6,8,14H2,1H3. The zero-order valence-corrected chi connectivity index (χ0v) is 10.0. The number of carbonyl (C=O) groups excluding carboxylic acids is 1. The van der Waals surface area contributed by atoms with Crippen molar-refractivity contribution in [1.82, 2.24) is 4.90 Å². The van der Waals surface area contributed by atoms with Crippen LogP contribution in [0.4, 0.5) is 5.69 Å². The number of aliphatic hydroxyl groups is 1. The number of likely N-dealkylation sites (tertiary alicyclic amines) is 1. The molecule has 1 amide bonds. The first kappa shape index (κ1) is 11.9. The fourth-order valence-electron chi connectivity index (χ4n) is 2.23. The third-order valence-electron chi connectivity index (χ3n) is 3.37. The predicted molar refractivity (Wildman–Crippen MR) is 66.7 cm³/mol. The van der Waals surface area contributed by atoms with Gasteiger partial charge >= 0.3 is 0 Å². The Bertz CT molecular complexity index is 431. The van der Waals surface area contributed by atoms with Gasteiger partial charge in [-0.3, -0.25) is 4.79 Å². The average Bonchev–Trinajstić information content (AvgIpc) is 2.80. The lowest BCUT2D eigenvalue weighted by Gasteiger charge is -2.23. The van der Waals surface area contributed by atoms with E-state index in [1.165, 1.54) is 0 Å². The van der Waals surface area contributed by atoms with E-state index in [4.69, 9.17) is 5.73 Å². The van der Waals surface area contributed by atoms with E-state index in [9.17, 15) is 9.90 Å². The van der Waals surface area contributed by atoms with Crippen molar-refractivity contribution in [2.75, 3.05) is 18.9 Å². The summed E-state index contributed by atoms with van der Waals surface area (Å²) in [5.74, 6) is -0.0340. The molecule has 92 valence electrons. The van der Waals surface area contributed by atoms with E-state index in [0.717, 1.165) is 24.9 Å². The molecule has 17 heavy (non-hydrogen) atoms. The summed E-state index contributed by atoms with van der Waals surface area (Å²) in [6.07, 6.45) is 1.84. The van der Waals surface area contributed by atoms with Crippen LogP contribution in [0.25, 0.3) is 0 Å². The van der Waals surface area contributed by atoms with Crippen LogP contribution in [0, 0.1) is 6.92 Å². The van der Waals surface area contributed by atoms with E-state index in [2.05, 4.69) is 0 Å². The Labute approximate surface area is 101 Å². The molecule has 0 saturated carbocycles. The van der Waals surface area contributed by atoms with Gasteiger partial charge in [0.05, 0.1) is 12.6 Å². The van der Waals surface area contributed by atoms with Gasteiger partial charge in [-0.05, 0) is 37.5 Å². The van der Waals surface area contributed by atoms with E-state index in [1.54, 1.807) is 17.0 Å². The zero-order chi connectivity index (χ0) is 12.4. The first-order valence-corrected chi connectivity index (χ1v) is 5.91. The minimum absolute atomic E-state index is 0.0340. The van der Waals surface area contributed by atoms with E-state index in [0.29, 0.717) is 11.3 Å². The predicted octanol–water partition coefficient (Wildman–Crippen LogP) is 1.17. The Kier molecular flexibility index (Phi) is 3.33. The molecule has 1 saturated heterocycles. The van der Waals surface area contributed by atoms with Crippen LogP contribution in [0.5, 0.6) is 0 Å². The molecule has 4 nitrogen and oxygen atoms in total. The van der Waals surface area contributed by atoms with Crippen LogP contribution in [-0.2, 0) is 0 Å². The molecule has 1 unspecified atom stereocenters. The van der Waals surface area contributed by atoms with E-state index in [1.807, 2.05) is 13.0 Å². The number of amides is 1. The van der Waals surface area contributed by atoms with Crippen molar-refractivity contribution < 1.29 is 9.90 Å². The number of hydrogen-bond donors (Lipinski definition) is 2. The molecule has 0 bridgehead atoms. The lowest BCUT2D eigenvalue weighted by molar-refractivity contribution is 0.0677. The minimum atomic E-state index is -0.0370. The third kappa shape index (κ3) is 2.26. The van der Waals surface area contributed by atoms with E-state index < -0.39 is 0 Å². The number of hydrogen-bond acceptors (Lipinski definition) is 3. The lowest BCUT2D eigenvalue weighted by atomic mass is 10.1. The molecule has 3 N–H and O–H groups in total. The summed E-state index contributed by atoms with van der Waals surface area (Å²) in [4.78, 5) is 14.0. The number of nitrogens with two attached hydrogens (primary N) is 1. The molecular weight excluding hydrogens is 216 g/mol. The van der Waals surface area contributed by atoms with Gasteiger partial charge in [0.1, 0.15) is 0 Å². The number of rotatable bonds is 2. The second-order valence-corrected chi connectivity index (χ2v) is 4.55. The molecule has 1 heterocycles. The largest absolute Gasteiger partial charge is 0.398 e. The fourth-order valence-corrected chi connectivity index (χ4v) is 2.23. The Morgan fingerprint density at radius 1 is 1.59 bits per heavy atom. The summed E-state index contributed by atoms with van der Waals surface area (Å²) in [5, 5.41) is 9.21. The first-order valence-electron chi connectivity index (χ1n) is 5.91. The maximum absolute atomic E-state index is 12.2. The molecule has 1 aromatic carbocycles. The SMILES string of the molecule is Cc1ccc(C(=O)N2CCCC2CO)cc1N. The van der Waals surface area contributed by atoms with Gasteiger partial charge in [-0.1, -0.05) is 6.07 Å². The maximum Gasteiger partial charge on any atom is 0.254 e. The van der Waals surface area contributed by atoms with Crippen LogP contribution in [0.15, 0.2) is 18.2 Å². The summed E-state index contributed by atoms with van der Waals surface area (Å²) in [6.45, 7) is 2.67. The number of nitrogen functional groups attached to an aromatic ring is 1. The summed E-state index contributed by atoms with van der Waals surface area (Å²) in [6, 6.07) is 5.32. The van der Waals surface area contributed by atoms with Gasteiger partial charge in [-0.15, -0.1) is 0 Å². The second kappa shape index (κ2) is 4.75. The summed E-state index contributed by atoms with van der Waals surface area (Å²) >= 11 is 0. The Balaban J connectivity index is 2.21. The molecule has 0 radical (unpaired) electrons. The fraction of sp³-hybridized carbons (Fsp3) is 0.462. The van der Waals surface area contributed by atoms with E-state index >= 15 is 0 Å². The molecule has 1 fully saturated rings. The summed E-state index contributed by atoms with van der Waals surface area (Å²) in [5.41, 5.74) is 8.02. The number of anilines is 1. The maximum atomic E-state index is 12.2. The van der Waals surface area contributed by atoms with Gasteiger partial charge in [0.25, 0.3) is 5.91 Å². The second-order valence-electron chi connectivity index (χ2n) is 4.55. The van der Waals surface area contributed by atoms with Crippen molar-refractivity contribution in [2.24, 2.45) is 0 Å². The number of carbonyl (C=O) groups is 1. The highest BCUT2D eigenvalue weighted by Crippen LogP contribution is 2.21. The van der Waals surface area contributed by atoms with Gasteiger partial charge < -0.3 is 15.7 Å². The van der Waals surface area contributed by atoms with Crippen molar-refractivity contribution in [3.8, 4) is 0 Å². The number of benzene rings is 1. The molecule has 1 aliphatic heterocycles. The molecular formula is C13H18N2O2. The smallest absolute Gasteiger partial charge is 0.254 e. The van der Waals surface area contributed by atoms with Gasteiger partial charge in [-0.2, -0.15) is 0 Å². The summed E-state index contributed by atoms with van der Waals surface area (Å²) in [7, 11) is 0. The van der Waals surface area contributed by atoms with Crippen molar-refractivity contribution in [1.29, 1.82) is 0 Å². The quantitative estimate of drug-likeness (QED) is 0.755. The minimum Gasteiger partial charge on any atom is -0.398 e. The van der Waals surface area contributed by atoms with Crippen LogP contribution >= 0.6 is 0 Å². The highest BCUT2D eigenvalue weighted by Gasteiger charge is 2.28. The number of aryl methyl sites for hydroxylation is 1. The van der Waals surface area contributed by atoms with Crippen molar-refractivity contribution in [2.45, 2.75) is 25.8 Å². The van der Waals surface area contributed by atoms with Crippen LogP contribution in [0.3, 0.4) is 0 Å². The normalized spacial score (nSPS) is 19.6. The highest BCUT2D eigenvalue weighted by molar-refractivity contribution is 5.95. The van der Waals surface area contributed by atoms with Crippen LogP contribution in [0.2, 0.25) is 0 Å². The number of aliphatic hydroxyl groups excluding tert-OH is 1. The Morgan fingerprint density at radius 3 is 3.00 bits per heavy atom. The molecule has 0 aliphatic carbocycles. The van der Waals surface area contributed by atoms with Crippen molar-refractivity contribution >= 4 is 11.6 Å². The van der Waals surface area contributed by atoms with Crippen LogP contribution < -0.4 is 5.73 Å². The molecule has 1 aromatic rings. The molecule has 1 aliphatic rings. The zero-order valence-electron chi connectivity index (χ0n) is 10.0. The third-order valence-corrected chi connectivity index (χ3v) is 3.37. The average molecular weight is 234 g/mol. The highest BCUT2D eigenvalue weighted by atomic mass is 16.3. The van der Waals surface area contributed by atoms with Gasteiger partial charge in [0, 0.05) is 17.8 Å². The first-order chi connectivity index (χ1) is 8.13. The van der Waals surface area contributed by atoms with Gasteiger partial charge in [0.15, 0.2) is 0 Å². The molecule has 0 spiro atoms. The van der Waals surface area contributed by atoms with Crippen LogP contribution in [0.1, 0.15) is 28.8 Å². The molecule has 1 atom stereocenters. The van der Waals surface area contributed by atoms with Crippen molar-refractivity contribution in [3.05, 3.63) is 29.3 Å². The van der Waals surface area contributed by atoms with Crippen molar-refractivity contribution in [3.63, 3.8) is 0 Å². The Morgan fingerprint density at radius 2 is 2.35 bits per heavy atom. The Hall–Kier alpha value is -1.55. The summed E-state index contributed by atoms with van der Waals surface area (Å²) < 4.78 is 0. The molecule has 0 aromatic heterocycles. The lowest BCUT2D eigenvalue weighted by Crippen LogP contribution is -2.37. The topological polar surface area (TPSA) is 66.6 Å². The van der Waals surface area contributed by atoms with E-state index in [-0.39, 0.29) is 18.6 Å². The molecule has 4 heteroatoms. The monoisotopic (exact) mass is 234 g/mol. The van der Waals surface area contributed by atoms with Crippen LogP contribution in [-0.4, -0.2) is 35.1 Å².